The quantitative estimate of drug-likeness (QED) is 0.646. The van der Waals surface area contributed by atoms with E-state index < -0.39 is 6.16 Å². The van der Waals surface area contributed by atoms with Crippen LogP contribution in [0.2, 0.25) is 0 Å². The van der Waals surface area contributed by atoms with Crippen molar-refractivity contribution >= 4 is 0 Å². The standard InChI is InChI=1S/C11H16O4/c1-3-9-5-12-11(13-6-9)14-7-10(4-2)8-15-11/h3-4,9-10H,1-2,5-8H2. The summed E-state index contributed by atoms with van der Waals surface area (Å²) in [5.74, 6) is 0.417. The van der Waals surface area contributed by atoms with Crippen LogP contribution in [0.3, 0.4) is 0 Å². The molecule has 0 N–H and O–H groups in total. The van der Waals surface area contributed by atoms with Gasteiger partial charge in [0.05, 0.1) is 26.4 Å². The second kappa shape index (κ2) is 4.45. The van der Waals surface area contributed by atoms with E-state index in [4.69, 9.17) is 18.9 Å². The van der Waals surface area contributed by atoms with Crippen LogP contribution in [0.5, 0.6) is 0 Å². The van der Waals surface area contributed by atoms with Crippen LogP contribution in [0.25, 0.3) is 0 Å². The molecule has 2 aliphatic heterocycles. The molecule has 0 aromatic rings. The molecule has 0 atom stereocenters. The Bertz CT molecular complexity index is 205. The number of hydrogen-bond donors (Lipinski definition) is 0. The van der Waals surface area contributed by atoms with E-state index in [0.29, 0.717) is 26.4 Å². The summed E-state index contributed by atoms with van der Waals surface area (Å²) in [5, 5.41) is 0. The van der Waals surface area contributed by atoms with Crippen LogP contribution >= 0.6 is 0 Å². The lowest BCUT2D eigenvalue weighted by Gasteiger charge is -2.41. The van der Waals surface area contributed by atoms with Crippen LogP contribution in [0.15, 0.2) is 25.3 Å². The Morgan fingerprint density at radius 2 is 1.13 bits per heavy atom. The third kappa shape index (κ3) is 2.29. The Kier molecular flexibility index (Phi) is 3.21. The van der Waals surface area contributed by atoms with Crippen molar-refractivity contribution in [3.8, 4) is 0 Å². The van der Waals surface area contributed by atoms with Gasteiger partial charge in [-0.25, -0.2) is 0 Å². The fraction of sp³-hybridized carbons (Fsp3) is 0.636. The largest absolute Gasteiger partial charge is 0.412 e. The maximum Gasteiger partial charge on any atom is 0.412 e. The van der Waals surface area contributed by atoms with E-state index in [-0.39, 0.29) is 11.8 Å². The number of rotatable bonds is 2. The Morgan fingerprint density at radius 3 is 1.40 bits per heavy atom. The molecule has 4 heteroatoms. The van der Waals surface area contributed by atoms with Gasteiger partial charge in [0, 0.05) is 11.8 Å². The smallest absolute Gasteiger partial charge is 0.303 e. The predicted octanol–water partition coefficient (Wildman–Crippen LogP) is 1.30. The average molecular weight is 212 g/mol. The lowest BCUT2D eigenvalue weighted by Crippen LogP contribution is -2.52. The first-order chi connectivity index (χ1) is 7.28. The van der Waals surface area contributed by atoms with Gasteiger partial charge >= 0.3 is 6.16 Å². The van der Waals surface area contributed by atoms with Gasteiger partial charge in [-0.2, -0.15) is 0 Å². The maximum atomic E-state index is 5.43. The lowest BCUT2D eigenvalue weighted by atomic mass is 10.1. The van der Waals surface area contributed by atoms with Gasteiger partial charge in [0.1, 0.15) is 0 Å². The van der Waals surface area contributed by atoms with Crippen molar-refractivity contribution in [2.24, 2.45) is 11.8 Å². The second-order valence-corrected chi connectivity index (χ2v) is 3.74. The Labute approximate surface area is 89.5 Å². The summed E-state index contributed by atoms with van der Waals surface area (Å²) in [6.07, 6.45) is 2.34. The second-order valence-electron chi connectivity index (χ2n) is 3.74. The fourth-order valence-corrected chi connectivity index (χ4v) is 1.45. The molecule has 4 nitrogen and oxygen atoms in total. The highest BCUT2D eigenvalue weighted by Gasteiger charge is 2.43. The summed E-state index contributed by atoms with van der Waals surface area (Å²) in [4.78, 5) is 0. The Hall–Kier alpha value is -0.680. The first-order valence-corrected chi connectivity index (χ1v) is 5.09. The fourth-order valence-electron chi connectivity index (χ4n) is 1.45. The van der Waals surface area contributed by atoms with E-state index in [1.54, 1.807) is 0 Å². The zero-order valence-electron chi connectivity index (χ0n) is 8.69. The molecule has 0 bridgehead atoms. The minimum Gasteiger partial charge on any atom is -0.303 e. The topological polar surface area (TPSA) is 36.9 Å². The summed E-state index contributed by atoms with van der Waals surface area (Å²) >= 11 is 0. The van der Waals surface area contributed by atoms with E-state index >= 15 is 0 Å². The molecule has 0 radical (unpaired) electrons. The van der Waals surface area contributed by atoms with E-state index in [9.17, 15) is 0 Å². The van der Waals surface area contributed by atoms with Crippen molar-refractivity contribution in [3.05, 3.63) is 25.3 Å². The molecule has 2 saturated heterocycles. The highest BCUT2D eigenvalue weighted by molar-refractivity contribution is 4.83. The van der Waals surface area contributed by atoms with Gasteiger partial charge in [0.2, 0.25) is 0 Å². The molecule has 84 valence electrons. The van der Waals surface area contributed by atoms with Crippen LogP contribution < -0.4 is 0 Å². The molecule has 0 aliphatic carbocycles. The van der Waals surface area contributed by atoms with Crippen molar-refractivity contribution in [1.82, 2.24) is 0 Å². The summed E-state index contributed by atoms with van der Waals surface area (Å²) < 4.78 is 21.7. The van der Waals surface area contributed by atoms with Gasteiger partial charge in [-0.05, 0) is 0 Å². The molecular weight excluding hydrogens is 196 g/mol. The molecule has 2 fully saturated rings. The third-order valence-electron chi connectivity index (χ3n) is 2.56. The van der Waals surface area contributed by atoms with Gasteiger partial charge in [-0.1, -0.05) is 12.2 Å². The molecule has 0 saturated carbocycles. The first-order valence-electron chi connectivity index (χ1n) is 5.09. The zero-order chi connectivity index (χ0) is 10.7. The molecule has 0 aromatic carbocycles. The maximum absolute atomic E-state index is 5.43. The predicted molar refractivity (Wildman–Crippen MR) is 53.9 cm³/mol. The first kappa shape index (κ1) is 10.8. The monoisotopic (exact) mass is 212 g/mol. The number of ether oxygens (including phenoxy) is 4. The van der Waals surface area contributed by atoms with Crippen LogP contribution in [0, 0.1) is 11.8 Å². The summed E-state index contributed by atoms with van der Waals surface area (Å²) in [7, 11) is 0. The van der Waals surface area contributed by atoms with Gasteiger partial charge in [0.25, 0.3) is 0 Å². The summed E-state index contributed by atoms with van der Waals surface area (Å²) in [6, 6.07) is 0. The van der Waals surface area contributed by atoms with Gasteiger partial charge in [-0.3, -0.25) is 0 Å². The molecule has 2 heterocycles. The zero-order valence-corrected chi connectivity index (χ0v) is 8.69. The molecular formula is C11H16O4. The van der Waals surface area contributed by atoms with E-state index in [1.807, 2.05) is 12.2 Å². The highest BCUT2D eigenvalue weighted by Crippen LogP contribution is 2.29. The van der Waals surface area contributed by atoms with Gasteiger partial charge in [0.15, 0.2) is 0 Å². The normalized spacial score (nSPS) is 41.3. The minimum absolute atomic E-state index is 0.208. The third-order valence-corrected chi connectivity index (χ3v) is 2.56. The van der Waals surface area contributed by atoms with Crippen molar-refractivity contribution in [2.75, 3.05) is 26.4 Å². The van der Waals surface area contributed by atoms with Crippen LogP contribution in [-0.2, 0) is 18.9 Å². The van der Waals surface area contributed by atoms with Crippen molar-refractivity contribution in [2.45, 2.75) is 6.16 Å². The Balaban J connectivity index is 1.88. The molecule has 0 amide bonds. The van der Waals surface area contributed by atoms with Gasteiger partial charge in [-0.15, -0.1) is 13.2 Å². The van der Waals surface area contributed by atoms with Crippen LogP contribution in [0.4, 0.5) is 0 Å². The lowest BCUT2D eigenvalue weighted by molar-refractivity contribution is -0.531. The molecule has 0 unspecified atom stereocenters. The SMILES string of the molecule is C=CC1COC2(OC1)OCC(C=C)CO2. The van der Waals surface area contributed by atoms with Crippen LogP contribution in [-0.4, -0.2) is 32.6 Å². The molecule has 2 aliphatic rings. The van der Waals surface area contributed by atoms with E-state index in [1.165, 1.54) is 0 Å². The molecule has 1 spiro atoms. The van der Waals surface area contributed by atoms with E-state index in [0.717, 1.165) is 0 Å². The highest BCUT2D eigenvalue weighted by atomic mass is 17.0. The Morgan fingerprint density at radius 1 is 0.800 bits per heavy atom. The van der Waals surface area contributed by atoms with Crippen molar-refractivity contribution in [1.29, 1.82) is 0 Å². The molecule has 2 rings (SSSR count). The van der Waals surface area contributed by atoms with Crippen molar-refractivity contribution in [3.63, 3.8) is 0 Å². The van der Waals surface area contributed by atoms with E-state index in [2.05, 4.69) is 13.2 Å². The molecule has 0 aromatic heterocycles. The van der Waals surface area contributed by atoms with Crippen molar-refractivity contribution < 1.29 is 18.9 Å². The summed E-state index contributed by atoms with van der Waals surface area (Å²) in [6.45, 7) is 9.44. The number of hydrogen-bond acceptors (Lipinski definition) is 4. The average Bonchev–Trinajstić information content (AvgIpc) is 2.31. The minimum atomic E-state index is -1.28. The van der Waals surface area contributed by atoms with Gasteiger partial charge < -0.3 is 18.9 Å². The molecule has 15 heavy (non-hydrogen) atoms. The van der Waals surface area contributed by atoms with Crippen LogP contribution in [0.1, 0.15) is 0 Å². The summed E-state index contributed by atoms with van der Waals surface area (Å²) in [5.41, 5.74) is 0.